The van der Waals surface area contributed by atoms with Gasteiger partial charge in [0, 0.05) is 13.1 Å². The van der Waals surface area contributed by atoms with Crippen molar-refractivity contribution in [3.63, 3.8) is 0 Å². The van der Waals surface area contributed by atoms with Crippen LogP contribution < -0.4 is 0 Å². The zero-order valence-electron chi connectivity index (χ0n) is 10.5. The fourth-order valence-corrected chi connectivity index (χ4v) is 3.88. The van der Waals surface area contributed by atoms with Crippen LogP contribution in [0.2, 0.25) is 0 Å². The van der Waals surface area contributed by atoms with Crippen LogP contribution in [-0.2, 0) is 10.0 Å². The molecule has 20 heavy (non-hydrogen) atoms. The largest absolute Gasteiger partial charge is 0.478 e. The number of aliphatic hydroxyl groups is 1. The lowest BCUT2D eigenvalue weighted by atomic mass is 10.1. The molecule has 0 aromatic heterocycles. The average molecular weight is 303 g/mol. The second-order valence-electron chi connectivity index (χ2n) is 4.60. The number of aliphatic hydroxyl groups excluding tert-OH is 1. The summed E-state index contributed by atoms with van der Waals surface area (Å²) in [4.78, 5) is 10.5. The molecule has 0 saturated carbocycles. The number of carboxylic acid groups (broad SMARTS) is 1. The van der Waals surface area contributed by atoms with E-state index in [2.05, 4.69) is 0 Å². The summed E-state index contributed by atoms with van der Waals surface area (Å²) in [7, 11) is -4.14. The molecule has 1 aromatic rings. The molecule has 2 rings (SSSR count). The fourth-order valence-electron chi connectivity index (χ4n) is 2.16. The Bertz CT molecular complexity index is 631. The van der Waals surface area contributed by atoms with E-state index in [9.17, 15) is 22.7 Å². The Morgan fingerprint density at radius 1 is 1.40 bits per heavy atom. The van der Waals surface area contributed by atoms with Gasteiger partial charge < -0.3 is 10.2 Å². The summed E-state index contributed by atoms with van der Waals surface area (Å²) >= 11 is 0. The third kappa shape index (κ3) is 2.82. The Morgan fingerprint density at radius 2 is 2.10 bits per heavy atom. The topological polar surface area (TPSA) is 94.9 Å². The molecule has 2 N–H and O–H groups in total. The minimum absolute atomic E-state index is 0.113. The van der Waals surface area contributed by atoms with E-state index in [1.807, 2.05) is 0 Å². The van der Waals surface area contributed by atoms with Crippen LogP contribution in [0.3, 0.4) is 0 Å². The summed E-state index contributed by atoms with van der Waals surface area (Å²) in [6.45, 7) is 0.0624. The number of hydrogen-bond acceptors (Lipinski definition) is 4. The molecular formula is C12H14FNO5S. The molecule has 6 nitrogen and oxygen atoms in total. The monoisotopic (exact) mass is 303 g/mol. The molecule has 1 fully saturated rings. The van der Waals surface area contributed by atoms with Gasteiger partial charge in [0.25, 0.3) is 0 Å². The Labute approximate surface area is 115 Å². The van der Waals surface area contributed by atoms with Crippen LogP contribution in [0, 0.1) is 5.82 Å². The van der Waals surface area contributed by atoms with Gasteiger partial charge >= 0.3 is 5.97 Å². The van der Waals surface area contributed by atoms with Gasteiger partial charge in [0.1, 0.15) is 5.82 Å². The third-order valence-corrected chi connectivity index (χ3v) is 5.06. The second kappa shape index (κ2) is 5.47. The second-order valence-corrected chi connectivity index (χ2v) is 6.51. The molecular weight excluding hydrogens is 289 g/mol. The molecule has 1 saturated heterocycles. The maximum Gasteiger partial charge on any atom is 0.337 e. The van der Waals surface area contributed by atoms with Gasteiger partial charge in [-0.2, -0.15) is 4.31 Å². The molecule has 0 aliphatic carbocycles. The van der Waals surface area contributed by atoms with E-state index in [1.54, 1.807) is 0 Å². The van der Waals surface area contributed by atoms with Crippen molar-refractivity contribution in [2.24, 2.45) is 0 Å². The van der Waals surface area contributed by atoms with E-state index < -0.39 is 38.4 Å². The number of piperidine rings is 1. The molecule has 1 atom stereocenters. The minimum atomic E-state index is -4.14. The molecule has 0 spiro atoms. The standard InChI is InChI=1S/C12H14FNO5S/c13-8-3-4-10(12(16)17)11(6-8)20(18,19)14-5-1-2-9(15)7-14/h3-4,6,9,15H,1-2,5,7H2,(H,16,17)/t9-/m0/s1. The van der Waals surface area contributed by atoms with Crippen LogP contribution in [-0.4, -0.2) is 48.1 Å². The van der Waals surface area contributed by atoms with Crippen LogP contribution in [0.4, 0.5) is 4.39 Å². The summed E-state index contributed by atoms with van der Waals surface area (Å²) in [6.07, 6.45) is 0.166. The highest BCUT2D eigenvalue weighted by molar-refractivity contribution is 7.89. The Kier molecular flexibility index (Phi) is 4.07. The van der Waals surface area contributed by atoms with Gasteiger partial charge in [-0.25, -0.2) is 17.6 Å². The lowest BCUT2D eigenvalue weighted by molar-refractivity contribution is 0.0692. The van der Waals surface area contributed by atoms with Crippen LogP contribution in [0.5, 0.6) is 0 Å². The van der Waals surface area contributed by atoms with Crippen LogP contribution in [0.1, 0.15) is 23.2 Å². The molecule has 1 aromatic carbocycles. The zero-order valence-corrected chi connectivity index (χ0v) is 11.3. The summed E-state index contributed by atoms with van der Waals surface area (Å²) < 4.78 is 39.0. The quantitative estimate of drug-likeness (QED) is 0.856. The molecule has 0 unspecified atom stereocenters. The summed E-state index contributed by atoms with van der Waals surface area (Å²) in [6, 6.07) is 2.51. The van der Waals surface area contributed by atoms with Crippen molar-refractivity contribution < 1.29 is 27.8 Å². The number of halogens is 1. The number of sulfonamides is 1. The van der Waals surface area contributed by atoms with Crippen LogP contribution in [0.15, 0.2) is 23.1 Å². The lowest BCUT2D eigenvalue weighted by Crippen LogP contribution is -2.42. The average Bonchev–Trinajstić information content (AvgIpc) is 2.38. The summed E-state index contributed by atoms with van der Waals surface area (Å²) in [5.41, 5.74) is -0.480. The molecule has 8 heteroatoms. The number of carbonyl (C=O) groups is 1. The van der Waals surface area contributed by atoms with Gasteiger partial charge in [-0.3, -0.25) is 0 Å². The molecule has 0 amide bonds. The van der Waals surface area contributed by atoms with Crippen molar-refractivity contribution >= 4 is 16.0 Å². The number of benzene rings is 1. The highest BCUT2D eigenvalue weighted by atomic mass is 32.2. The van der Waals surface area contributed by atoms with Crippen molar-refractivity contribution in [2.75, 3.05) is 13.1 Å². The first kappa shape index (κ1) is 14.9. The van der Waals surface area contributed by atoms with Crippen molar-refractivity contribution in [3.8, 4) is 0 Å². The number of β-amino-alcohol motifs (C(OH)–C–C–N with tert-alkyl or cyclic N) is 1. The van der Waals surface area contributed by atoms with E-state index in [4.69, 9.17) is 5.11 Å². The predicted octanol–water partition coefficient (Wildman–Crippen LogP) is 0.669. The van der Waals surface area contributed by atoms with Crippen LogP contribution in [0.25, 0.3) is 0 Å². The van der Waals surface area contributed by atoms with Gasteiger partial charge in [0.2, 0.25) is 10.0 Å². The van der Waals surface area contributed by atoms with E-state index >= 15 is 0 Å². The molecule has 0 bridgehead atoms. The van der Waals surface area contributed by atoms with Gasteiger partial charge in [-0.05, 0) is 31.0 Å². The normalized spacial score (nSPS) is 20.8. The van der Waals surface area contributed by atoms with Gasteiger partial charge in [0.05, 0.1) is 16.6 Å². The molecule has 1 aliphatic rings. The van der Waals surface area contributed by atoms with Crippen molar-refractivity contribution in [3.05, 3.63) is 29.6 Å². The first-order valence-corrected chi connectivity index (χ1v) is 7.47. The SMILES string of the molecule is O=C(O)c1ccc(F)cc1S(=O)(=O)N1CCC[C@H](O)C1. The Hall–Kier alpha value is -1.51. The molecule has 110 valence electrons. The third-order valence-electron chi connectivity index (χ3n) is 3.15. The number of carboxylic acids is 1. The smallest absolute Gasteiger partial charge is 0.337 e. The first-order valence-electron chi connectivity index (χ1n) is 6.03. The number of rotatable bonds is 3. The van der Waals surface area contributed by atoms with Gasteiger partial charge in [0.15, 0.2) is 0 Å². The summed E-state index contributed by atoms with van der Waals surface area (Å²) in [5, 5.41) is 18.5. The van der Waals surface area contributed by atoms with Crippen molar-refractivity contribution in [1.82, 2.24) is 4.31 Å². The maximum absolute atomic E-state index is 13.3. The van der Waals surface area contributed by atoms with E-state index in [-0.39, 0.29) is 13.1 Å². The highest BCUT2D eigenvalue weighted by Gasteiger charge is 2.32. The maximum atomic E-state index is 13.3. The molecule has 0 radical (unpaired) electrons. The van der Waals surface area contributed by atoms with E-state index in [1.165, 1.54) is 0 Å². The predicted molar refractivity (Wildman–Crippen MR) is 67.4 cm³/mol. The van der Waals surface area contributed by atoms with Gasteiger partial charge in [-0.1, -0.05) is 0 Å². The number of hydrogen-bond donors (Lipinski definition) is 2. The van der Waals surface area contributed by atoms with Crippen molar-refractivity contribution in [1.29, 1.82) is 0 Å². The minimum Gasteiger partial charge on any atom is -0.478 e. The number of nitrogens with zero attached hydrogens (tertiary/aromatic N) is 1. The first-order chi connectivity index (χ1) is 9.32. The van der Waals surface area contributed by atoms with E-state index in [0.29, 0.717) is 18.9 Å². The van der Waals surface area contributed by atoms with E-state index in [0.717, 1.165) is 16.4 Å². The zero-order chi connectivity index (χ0) is 14.9. The number of aromatic carboxylic acids is 1. The Balaban J connectivity index is 2.48. The van der Waals surface area contributed by atoms with Crippen LogP contribution >= 0.6 is 0 Å². The fraction of sp³-hybridized carbons (Fsp3) is 0.417. The summed E-state index contributed by atoms with van der Waals surface area (Å²) in [5.74, 6) is -2.27. The van der Waals surface area contributed by atoms with Gasteiger partial charge in [-0.15, -0.1) is 0 Å². The van der Waals surface area contributed by atoms with Crippen molar-refractivity contribution in [2.45, 2.75) is 23.8 Å². The highest BCUT2D eigenvalue weighted by Crippen LogP contribution is 2.24. The molecule has 1 aliphatic heterocycles. The lowest BCUT2D eigenvalue weighted by Gasteiger charge is -2.29. The molecule has 1 heterocycles. The Morgan fingerprint density at radius 3 is 2.70 bits per heavy atom.